The van der Waals surface area contributed by atoms with E-state index in [1.165, 1.54) is 34.5 Å². The van der Waals surface area contributed by atoms with Gasteiger partial charge in [0.1, 0.15) is 10.8 Å². The van der Waals surface area contributed by atoms with Crippen LogP contribution in [0.1, 0.15) is 0 Å². The van der Waals surface area contributed by atoms with Gasteiger partial charge in [-0.1, -0.05) is 5.16 Å². The topological polar surface area (TPSA) is 99.8 Å². The Kier molecular flexibility index (Phi) is 4.90. The average molecular weight is 418 g/mol. The van der Waals surface area contributed by atoms with Gasteiger partial charge in [-0.25, -0.2) is 13.8 Å². The third-order valence-electron chi connectivity index (χ3n) is 2.79. The van der Waals surface area contributed by atoms with Gasteiger partial charge in [0.15, 0.2) is 5.69 Å². The molecule has 2 aromatic heterocycles. The molecule has 0 aliphatic carbocycles. The van der Waals surface area contributed by atoms with Crippen molar-refractivity contribution in [3.05, 3.63) is 39.0 Å². The van der Waals surface area contributed by atoms with Crippen LogP contribution in [0, 0.1) is 5.82 Å². The van der Waals surface area contributed by atoms with E-state index in [-0.39, 0.29) is 10.3 Å². The number of benzene rings is 1. The van der Waals surface area contributed by atoms with E-state index in [0.29, 0.717) is 28.7 Å². The molecule has 0 unspecified atom stereocenters. The second-order valence-electron chi connectivity index (χ2n) is 4.26. The summed E-state index contributed by atoms with van der Waals surface area (Å²) in [5.74, 6) is -0.264. The normalized spacial score (nSPS) is 11.1. The van der Waals surface area contributed by atoms with E-state index in [1.54, 1.807) is 0 Å². The van der Waals surface area contributed by atoms with E-state index in [4.69, 9.17) is 10.3 Å². The molecule has 2 heterocycles. The number of halogens is 2. The number of hydrogen-bond acceptors (Lipinski definition) is 8. The Balaban J connectivity index is 2.11. The van der Waals surface area contributed by atoms with Gasteiger partial charge in [-0.15, -0.1) is 11.8 Å². The highest BCUT2D eigenvalue weighted by atomic mass is 79.9. The standard InChI is InChI=1S/C12H9BrFN5O2S2/c13-7-5-6(1-2-8(7)14)19-10(16-21-12(19)20)9-11(18-23-17-9)22-4-3-15/h1-2,5H,3-4,15H2. The van der Waals surface area contributed by atoms with Gasteiger partial charge in [0, 0.05) is 12.3 Å². The maximum absolute atomic E-state index is 13.4. The summed E-state index contributed by atoms with van der Waals surface area (Å²) in [6.45, 7) is 0.484. The van der Waals surface area contributed by atoms with Crippen LogP contribution in [0.3, 0.4) is 0 Å². The number of rotatable bonds is 5. The minimum Gasteiger partial charge on any atom is -0.330 e. The van der Waals surface area contributed by atoms with Crippen LogP contribution in [0.2, 0.25) is 0 Å². The highest BCUT2D eigenvalue weighted by Crippen LogP contribution is 2.29. The third kappa shape index (κ3) is 3.22. The lowest BCUT2D eigenvalue weighted by atomic mass is 10.3. The molecule has 3 rings (SSSR count). The van der Waals surface area contributed by atoms with Gasteiger partial charge in [-0.05, 0) is 34.1 Å². The Hall–Kier alpha value is -1.56. The fourth-order valence-electron chi connectivity index (χ4n) is 1.82. The summed E-state index contributed by atoms with van der Waals surface area (Å²) in [4.78, 5) is 12.0. The molecule has 0 fully saturated rings. The summed E-state index contributed by atoms with van der Waals surface area (Å²) >= 11 is 5.51. The molecule has 0 saturated heterocycles. The molecule has 0 spiro atoms. The predicted octanol–water partition coefficient (Wildman–Crippen LogP) is 2.30. The lowest BCUT2D eigenvalue weighted by Gasteiger charge is -2.05. The zero-order valence-corrected chi connectivity index (χ0v) is 14.6. The van der Waals surface area contributed by atoms with Crippen LogP contribution in [0.4, 0.5) is 4.39 Å². The van der Waals surface area contributed by atoms with E-state index in [9.17, 15) is 9.18 Å². The van der Waals surface area contributed by atoms with Gasteiger partial charge in [-0.2, -0.15) is 8.75 Å². The van der Waals surface area contributed by atoms with Crippen LogP contribution in [-0.4, -0.2) is 30.8 Å². The van der Waals surface area contributed by atoms with Crippen molar-refractivity contribution in [3.8, 4) is 17.2 Å². The van der Waals surface area contributed by atoms with Crippen molar-refractivity contribution in [1.29, 1.82) is 0 Å². The lowest BCUT2D eigenvalue weighted by molar-refractivity contribution is 0.383. The molecule has 11 heteroatoms. The maximum Gasteiger partial charge on any atom is 0.446 e. The smallest absolute Gasteiger partial charge is 0.330 e. The van der Waals surface area contributed by atoms with E-state index >= 15 is 0 Å². The molecule has 0 amide bonds. The molecule has 0 bridgehead atoms. The van der Waals surface area contributed by atoms with Gasteiger partial charge >= 0.3 is 5.76 Å². The zero-order valence-electron chi connectivity index (χ0n) is 11.4. The summed E-state index contributed by atoms with van der Waals surface area (Å²) in [6, 6.07) is 4.16. The van der Waals surface area contributed by atoms with Gasteiger partial charge in [-0.3, -0.25) is 4.52 Å². The minimum atomic E-state index is -0.693. The quantitative estimate of drug-likeness (QED) is 0.635. The Bertz CT molecular complexity index is 894. The second-order valence-corrected chi connectivity index (χ2v) is 6.73. The number of hydrogen-bond donors (Lipinski definition) is 1. The van der Waals surface area contributed by atoms with Crippen molar-refractivity contribution in [2.24, 2.45) is 5.73 Å². The highest BCUT2D eigenvalue weighted by Gasteiger charge is 2.21. The van der Waals surface area contributed by atoms with Crippen molar-refractivity contribution in [2.75, 3.05) is 12.3 Å². The average Bonchev–Trinajstić information content (AvgIpc) is 3.14. The molecule has 120 valence electrons. The fraction of sp³-hybridized carbons (Fsp3) is 0.167. The third-order valence-corrected chi connectivity index (χ3v) is 5.04. The van der Waals surface area contributed by atoms with E-state index in [2.05, 4.69) is 29.8 Å². The number of thioether (sulfide) groups is 1. The first-order chi connectivity index (χ1) is 11.1. The van der Waals surface area contributed by atoms with Crippen LogP contribution in [-0.2, 0) is 0 Å². The number of aromatic nitrogens is 4. The SMILES string of the molecule is NCCSc1nsnc1-c1noc(=O)n1-c1ccc(F)c(Br)c1. The van der Waals surface area contributed by atoms with Crippen molar-refractivity contribution < 1.29 is 8.91 Å². The Labute approximate surface area is 146 Å². The first kappa shape index (κ1) is 16.3. The van der Waals surface area contributed by atoms with Crippen molar-refractivity contribution in [3.63, 3.8) is 0 Å². The van der Waals surface area contributed by atoms with Crippen molar-refractivity contribution >= 4 is 39.4 Å². The first-order valence-electron chi connectivity index (χ1n) is 6.31. The molecule has 0 saturated carbocycles. The molecule has 0 aliphatic rings. The summed E-state index contributed by atoms with van der Waals surface area (Å²) < 4.78 is 28.0. The van der Waals surface area contributed by atoms with Crippen LogP contribution < -0.4 is 11.5 Å². The van der Waals surface area contributed by atoms with Crippen LogP contribution in [0.25, 0.3) is 17.2 Å². The van der Waals surface area contributed by atoms with Gasteiger partial charge < -0.3 is 5.73 Å². The molecular formula is C12H9BrFN5O2S2. The van der Waals surface area contributed by atoms with E-state index in [0.717, 1.165) is 11.7 Å². The molecule has 3 aromatic rings. The molecule has 0 radical (unpaired) electrons. The van der Waals surface area contributed by atoms with Crippen molar-refractivity contribution in [2.45, 2.75) is 5.03 Å². The fourth-order valence-corrected chi connectivity index (χ4v) is 3.59. The van der Waals surface area contributed by atoms with Crippen LogP contribution in [0.5, 0.6) is 0 Å². The molecule has 1 aromatic carbocycles. The van der Waals surface area contributed by atoms with Crippen LogP contribution in [0.15, 0.2) is 37.0 Å². The minimum absolute atomic E-state index is 0.210. The summed E-state index contributed by atoms with van der Waals surface area (Å²) in [6.07, 6.45) is 0. The predicted molar refractivity (Wildman–Crippen MR) is 88.4 cm³/mol. The summed E-state index contributed by atoms with van der Waals surface area (Å²) in [5, 5.41) is 4.40. The second kappa shape index (κ2) is 6.91. The summed E-state index contributed by atoms with van der Waals surface area (Å²) in [7, 11) is 0. The van der Waals surface area contributed by atoms with E-state index in [1.807, 2.05) is 0 Å². The lowest BCUT2D eigenvalue weighted by Crippen LogP contribution is -2.13. The van der Waals surface area contributed by atoms with Gasteiger partial charge in [0.05, 0.1) is 21.9 Å². The Morgan fingerprint density at radius 3 is 3.00 bits per heavy atom. The molecule has 0 aliphatic heterocycles. The molecule has 7 nitrogen and oxygen atoms in total. The largest absolute Gasteiger partial charge is 0.446 e. The Morgan fingerprint density at radius 1 is 1.43 bits per heavy atom. The zero-order chi connectivity index (χ0) is 16.4. The Morgan fingerprint density at radius 2 is 2.26 bits per heavy atom. The number of nitrogens with two attached hydrogens (primary N) is 1. The van der Waals surface area contributed by atoms with E-state index < -0.39 is 11.6 Å². The van der Waals surface area contributed by atoms with Gasteiger partial charge in [0.25, 0.3) is 0 Å². The van der Waals surface area contributed by atoms with Gasteiger partial charge in [0.2, 0.25) is 5.82 Å². The summed E-state index contributed by atoms with van der Waals surface area (Å²) in [5.41, 5.74) is 6.33. The molecule has 2 N–H and O–H groups in total. The first-order valence-corrected chi connectivity index (χ1v) is 8.82. The number of nitrogens with zero attached hydrogens (tertiary/aromatic N) is 4. The van der Waals surface area contributed by atoms with Crippen LogP contribution >= 0.6 is 39.4 Å². The highest BCUT2D eigenvalue weighted by molar-refractivity contribution is 9.10. The maximum atomic E-state index is 13.4. The molecular weight excluding hydrogens is 409 g/mol. The molecule has 0 atom stereocenters. The van der Waals surface area contributed by atoms with Crippen molar-refractivity contribution in [1.82, 2.24) is 18.5 Å². The molecule has 23 heavy (non-hydrogen) atoms. The monoisotopic (exact) mass is 417 g/mol.